The SMILES string of the molecule is CC(=NNc1nc2ccccc2n1C)c1sc(C(C)(C)C)nc1C. The summed E-state index contributed by atoms with van der Waals surface area (Å²) in [7, 11) is 1.98. The van der Waals surface area contributed by atoms with Gasteiger partial charge in [-0.05, 0) is 26.0 Å². The van der Waals surface area contributed by atoms with Crippen LogP contribution in [0.3, 0.4) is 0 Å². The fourth-order valence-electron chi connectivity index (χ4n) is 2.48. The van der Waals surface area contributed by atoms with Gasteiger partial charge in [-0.1, -0.05) is 32.9 Å². The molecule has 0 aliphatic heterocycles. The predicted molar refractivity (Wildman–Crippen MR) is 102 cm³/mol. The maximum Gasteiger partial charge on any atom is 0.224 e. The molecule has 0 bridgehead atoms. The van der Waals surface area contributed by atoms with E-state index in [2.05, 4.69) is 36.3 Å². The number of thiazole rings is 1. The Hall–Kier alpha value is -2.21. The molecule has 0 radical (unpaired) electrons. The zero-order valence-corrected chi connectivity index (χ0v) is 15.8. The van der Waals surface area contributed by atoms with Gasteiger partial charge in [0.05, 0.1) is 32.3 Å². The first-order chi connectivity index (χ1) is 11.3. The number of hydrogen-bond acceptors (Lipinski definition) is 5. The summed E-state index contributed by atoms with van der Waals surface area (Å²) >= 11 is 1.71. The molecule has 3 aromatic rings. The molecule has 0 aliphatic carbocycles. The van der Waals surface area contributed by atoms with Crippen LogP contribution in [0.4, 0.5) is 5.95 Å². The fourth-order valence-corrected chi connectivity index (χ4v) is 3.55. The summed E-state index contributed by atoms with van der Waals surface area (Å²) in [5.41, 5.74) is 7.14. The van der Waals surface area contributed by atoms with Crippen LogP contribution in [0.15, 0.2) is 29.4 Å². The maximum absolute atomic E-state index is 4.70. The van der Waals surface area contributed by atoms with E-state index in [1.54, 1.807) is 11.3 Å². The average Bonchev–Trinajstić information content (AvgIpc) is 3.06. The lowest BCUT2D eigenvalue weighted by Gasteiger charge is -2.13. The number of aryl methyl sites for hydroxylation is 2. The molecule has 2 aromatic heterocycles. The zero-order chi connectivity index (χ0) is 17.5. The minimum Gasteiger partial charge on any atom is -0.312 e. The van der Waals surface area contributed by atoms with Crippen LogP contribution < -0.4 is 5.43 Å². The van der Waals surface area contributed by atoms with E-state index in [9.17, 15) is 0 Å². The summed E-state index contributed by atoms with van der Waals surface area (Å²) in [6, 6.07) is 8.05. The highest BCUT2D eigenvalue weighted by Crippen LogP contribution is 2.29. The lowest BCUT2D eigenvalue weighted by atomic mass is 9.98. The van der Waals surface area contributed by atoms with E-state index in [4.69, 9.17) is 4.98 Å². The molecule has 0 unspecified atom stereocenters. The third-order valence-corrected chi connectivity index (χ3v) is 5.57. The number of nitrogens with one attached hydrogen (secondary N) is 1. The predicted octanol–water partition coefficient (Wildman–Crippen LogP) is 4.47. The van der Waals surface area contributed by atoms with Crippen LogP contribution in [0.2, 0.25) is 0 Å². The second-order valence-electron chi connectivity index (χ2n) is 6.98. The second kappa shape index (κ2) is 6.02. The minimum atomic E-state index is 0.0543. The molecule has 126 valence electrons. The number of hydrogen-bond donors (Lipinski definition) is 1. The van der Waals surface area contributed by atoms with Gasteiger partial charge in [-0.15, -0.1) is 11.3 Å². The van der Waals surface area contributed by atoms with Crippen LogP contribution in [-0.4, -0.2) is 20.2 Å². The van der Waals surface area contributed by atoms with Gasteiger partial charge in [-0.2, -0.15) is 5.10 Å². The second-order valence-corrected chi connectivity index (χ2v) is 7.97. The smallest absolute Gasteiger partial charge is 0.224 e. The van der Waals surface area contributed by atoms with Crippen molar-refractivity contribution in [1.82, 2.24) is 14.5 Å². The van der Waals surface area contributed by atoms with Crippen molar-refractivity contribution in [2.45, 2.75) is 40.0 Å². The Bertz CT molecular complexity index is 911. The van der Waals surface area contributed by atoms with Gasteiger partial charge in [-0.25, -0.2) is 15.4 Å². The Kier molecular flexibility index (Phi) is 4.17. The van der Waals surface area contributed by atoms with Crippen LogP contribution >= 0.6 is 11.3 Å². The summed E-state index contributed by atoms with van der Waals surface area (Å²) in [6.45, 7) is 10.6. The van der Waals surface area contributed by atoms with Crippen molar-refractivity contribution in [1.29, 1.82) is 0 Å². The largest absolute Gasteiger partial charge is 0.312 e. The number of hydrazone groups is 1. The fraction of sp³-hybridized carbons (Fsp3) is 0.389. The molecule has 5 nitrogen and oxygen atoms in total. The molecule has 24 heavy (non-hydrogen) atoms. The van der Waals surface area contributed by atoms with Crippen LogP contribution in [0.5, 0.6) is 0 Å². The van der Waals surface area contributed by atoms with Gasteiger partial charge >= 0.3 is 0 Å². The van der Waals surface area contributed by atoms with Gasteiger partial charge in [0.2, 0.25) is 5.95 Å². The van der Waals surface area contributed by atoms with Gasteiger partial charge in [-0.3, -0.25) is 0 Å². The third kappa shape index (κ3) is 3.06. The van der Waals surface area contributed by atoms with Crippen molar-refractivity contribution in [3.8, 4) is 0 Å². The molecule has 3 rings (SSSR count). The highest BCUT2D eigenvalue weighted by Gasteiger charge is 2.21. The molecule has 1 N–H and O–H groups in total. The van der Waals surface area contributed by atoms with E-state index in [0.717, 1.165) is 38.3 Å². The Morgan fingerprint density at radius 2 is 1.92 bits per heavy atom. The Labute approximate surface area is 146 Å². The van der Waals surface area contributed by atoms with Crippen LogP contribution in [0.1, 0.15) is 43.3 Å². The number of imidazole rings is 1. The van der Waals surface area contributed by atoms with Gasteiger partial charge in [0.15, 0.2) is 0 Å². The van der Waals surface area contributed by atoms with Gasteiger partial charge < -0.3 is 4.57 Å². The van der Waals surface area contributed by atoms with E-state index in [-0.39, 0.29) is 5.41 Å². The number of aromatic nitrogens is 3. The first-order valence-corrected chi connectivity index (χ1v) is 8.79. The average molecular weight is 341 g/mol. The Balaban J connectivity index is 1.88. The molecule has 1 aromatic carbocycles. The third-order valence-electron chi connectivity index (χ3n) is 3.88. The van der Waals surface area contributed by atoms with Gasteiger partial charge in [0.1, 0.15) is 0 Å². The summed E-state index contributed by atoms with van der Waals surface area (Å²) < 4.78 is 2.01. The highest BCUT2D eigenvalue weighted by atomic mass is 32.1. The van der Waals surface area contributed by atoms with Crippen molar-refractivity contribution in [3.05, 3.63) is 39.8 Å². The maximum atomic E-state index is 4.70. The first kappa shape index (κ1) is 16.6. The van der Waals surface area contributed by atoms with E-state index in [1.165, 1.54) is 0 Å². The van der Waals surface area contributed by atoms with Crippen molar-refractivity contribution >= 4 is 34.0 Å². The van der Waals surface area contributed by atoms with Gasteiger partial charge in [0, 0.05) is 12.5 Å². The Morgan fingerprint density at radius 1 is 1.21 bits per heavy atom. The molecule has 0 amide bonds. The number of benzene rings is 1. The molecule has 0 spiro atoms. The van der Waals surface area contributed by atoms with Crippen molar-refractivity contribution in [3.63, 3.8) is 0 Å². The first-order valence-electron chi connectivity index (χ1n) is 7.97. The topological polar surface area (TPSA) is 55.1 Å². The molecule has 0 saturated carbocycles. The van der Waals surface area contributed by atoms with E-state index >= 15 is 0 Å². The van der Waals surface area contributed by atoms with E-state index in [0.29, 0.717) is 0 Å². The van der Waals surface area contributed by atoms with Crippen LogP contribution in [0, 0.1) is 6.92 Å². The van der Waals surface area contributed by atoms with E-state index < -0.39 is 0 Å². The molecule has 2 heterocycles. The van der Waals surface area contributed by atoms with Crippen molar-refractivity contribution in [2.24, 2.45) is 12.1 Å². The zero-order valence-electron chi connectivity index (χ0n) is 15.0. The molecule has 6 heteroatoms. The molecular formula is C18H23N5S. The Morgan fingerprint density at radius 3 is 2.54 bits per heavy atom. The summed E-state index contributed by atoms with van der Waals surface area (Å²) in [6.07, 6.45) is 0. The molecular weight excluding hydrogens is 318 g/mol. The minimum absolute atomic E-state index is 0.0543. The van der Waals surface area contributed by atoms with E-state index in [1.807, 2.05) is 49.7 Å². The van der Waals surface area contributed by atoms with Crippen LogP contribution in [0.25, 0.3) is 11.0 Å². The molecule has 0 aliphatic rings. The van der Waals surface area contributed by atoms with Crippen molar-refractivity contribution < 1.29 is 0 Å². The number of nitrogens with zero attached hydrogens (tertiary/aromatic N) is 4. The number of fused-ring (bicyclic) bond motifs is 1. The summed E-state index contributed by atoms with van der Waals surface area (Å²) in [5.74, 6) is 0.730. The van der Waals surface area contributed by atoms with Crippen molar-refractivity contribution in [2.75, 3.05) is 5.43 Å². The number of rotatable bonds is 3. The standard InChI is InChI=1S/C18H23N5S/c1-11-15(24-16(19-11)18(3,4)5)12(2)21-22-17-20-13-9-7-8-10-14(13)23(17)6/h7-10H,1-6H3,(H,20,22). The number of para-hydroxylation sites is 2. The summed E-state index contributed by atoms with van der Waals surface area (Å²) in [4.78, 5) is 10.4. The summed E-state index contributed by atoms with van der Waals surface area (Å²) in [5, 5.41) is 5.66. The normalized spacial score (nSPS) is 12.8. The lowest BCUT2D eigenvalue weighted by molar-refractivity contribution is 0.584. The highest BCUT2D eigenvalue weighted by molar-refractivity contribution is 7.14. The molecule has 0 saturated heterocycles. The lowest BCUT2D eigenvalue weighted by Crippen LogP contribution is -2.10. The number of anilines is 1. The molecule has 0 atom stereocenters. The van der Waals surface area contributed by atoms with Gasteiger partial charge in [0.25, 0.3) is 0 Å². The molecule has 0 fully saturated rings. The monoisotopic (exact) mass is 341 g/mol. The van der Waals surface area contributed by atoms with Crippen LogP contribution in [-0.2, 0) is 12.5 Å². The quantitative estimate of drug-likeness (QED) is 0.565.